The zero-order valence-electron chi connectivity index (χ0n) is 16.4. The summed E-state index contributed by atoms with van der Waals surface area (Å²) >= 11 is 2.40. The van der Waals surface area contributed by atoms with Crippen LogP contribution in [0.1, 0.15) is 23.7 Å². The Labute approximate surface area is 181 Å². The molecule has 2 aromatic heterocycles. The highest BCUT2D eigenvalue weighted by Crippen LogP contribution is 2.24. The fourth-order valence-corrected chi connectivity index (χ4v) is 4.45. The minimum atomic E-state index is -0.599. The van der Waals surface area contributed by atoms with Crippen molar-refractivity contribution < 1.29 is 14.3 Å². The molecule has 0 unspecified atom stereocenters. The maximum Gasteiger partial charge on any atom is 0.262 e. The summed E-state index contributed by atoms with van der Waals surface area (Å²) in [5, 5.41) is 5.79. The zero-order valence-corrected chi connectivity index (χ0v) is 18.1. The van der Waals surface area contributed by atoms with Gasteiger partial charge in [0.2, 0.25) is 5.91 Å². The van der Waals surface area contributed by atoms with Crippen LogP contribution in [0.3, 0.4) is 0 Å². The number of para-hydroxylation sites is 1. The number of nitrogens with zero attached hydrogens (tertiary/aromatic N) is 2. The first-order valence-electron chi connectivity index (χ1n) is 9.38. The second-order valence-corrected chi connectivity index (χ2v) is 8.14. The number of primary amides is 1. The highest BCUT2D eigenvalue weighted by Gasteiger charge is 2.15. The predicted octanol–water partition coefficient (Wildman–Crippen LogP) is 2.71. The lowest BCUT2D eigenvalue weighted by Gasteiger charge is -2.13. The SMILES string of the molecule is CCOCCCn1c(SCC(=O)Nc2sccc2C(N)=O)nc2ccccc2c1=O. The molecule has 3 N–H and O–H groups in total. The van der Waals surface area contributed by atoms with Crippen molar-refractivity contribution >= 4 is 50.8 Å². The van der Waals surface area contributed by atoms with Crippen molar-refractivity contribution in [2.75, 3.05) is 24.3 Å². The summed E-state index contributed by atoms with van der Waals surface area (Å²) in [7, 11) is 0. The van der Waals surface area contributed by atoms with Gasteiger partial charge in [0.25, 0.3) is 11.5 Å². The molecule has 0 saturated heterocycles. The van der Waals surface area contributed by atoms with E-state index in [-0.39, 0.29) is 22.8 Å². The van der Waals surface area contributed by atoms with E-state index in [1.807, 2.05) is 13.0 Å². The summed E-state index contributed by atoms with van der Waals surface area (Å²) in [5.41, 5.74) is 6.02. The van der Waals surface area contributed by atoms with Gasteiger partial charge in [-0.3, -0.25) is 19.0 Å². The first kappa shape index (κ1) is 22.0. The lowest BCUT2D eigenvalue weighted by molar-refractivity contribution is -0.113. The Morgan fingerprint density at radius 1 is 1.30 bits per heavy atom. The molecule has 3 aromatic rings. The van der Waals surface area contributed by atoms with Gasteiger partial charge in [-0.15, -0.1) is 11.3 Å². The van der Waals surface area contributed by atoms with Gasteiger partial charge >= 0.3 is 0 Å². The number of thioether (sulfide) groups is 1. The van der Waals surface area contributed by atoms with Gasteiger partial charge in [-0.25, -0.2) is 4.98 Å². The Balaban J connectivity index is 1.78. The van der Waals surface area contributed by atoms with Crippen LogP contribution in [0.25, 0.3) is 10.9 Å². The molecule has 0 radical (unpaired) electrons. The standard InChI is InChI=1S/C20H22N4O4S2/c1-2-28-10-5-9-24-19(27)13-6-3-4-7-15(13)22-20(24)30-12-16(25)23-18-14(17(21)26)8-11-29-18/h3-4,6-8,11H,2,5,9-10,12H2,1H3,(H2,21,26)(H,23,25). The predicted molar refractivity (Wildman–Crippen MR) is 119 cm³/mol. The molecule has 0 fully saturated rings. The number of rotatable bonds is 10. The van der Waals surface area contributed by atoms with Crippen LogP contribution < -0.4 is 16.6 Å². The second-order valence-electron chi connectivity index (χ2n) is 6.28. The number of nitrogens with two attached hydrogens (primary N) is 1. The van der Waals surface area contributed by atoms with Crippen molar-refractivity contribution in [2.24, 2.45) is 5.73 Å². The number of anilines is 1. The van der Waals surface area contributed by atoms with Crippen molar-refractivity contribution in [3.8, 4) is 0 Å². The van der Waals surface area contributed by atoms with Crippen LogP contribution >= 0.6 is 23.1 Å². The summed E-state index contributed by atoms with van der Waals surface area (Å²) in [6.07, 6.45) is 0.657. The Bertz CT molecular complexity index is 1110. The summed E-state index contributed by atoms with van der Waals surface area (Å²) in [6, 6.07) is 8.70. The minimum Gasteiger partial charge on any atom is -0.382 e. The lowest BCUT2D eigenvalue weighted by Crippen LogP contribution is -2.25. The van der Waals surface area contributed by atoms with E-state index in [1.54, 1.807) is 34.2 Å². The Morgan fingerprint density at radius 2 is 2.10 bits per heavy atom. The maximum absolute atomic E-state index is 13.0. The molecular formula is C20H22N4O4S2. The number of thiophene rings is 1. The number of benzene rings is 1. The number of ether oxygens (including phenoxy) is 1. The van der Waals surface area contributed by atoms with Gasteiger partial charge in [0.15, 0.2) is 5.16 Å². The largest absolute Gasteiger partial charge is 0.382 e. The number of fused-ring (bicyclic) bond motifs is 1. The zero-order chi connectivity index (χ0) is 21.5. The smallest absolute Gasteiger partial charge is 0.262 e. The van der Waals surface area contributed by atoms with Crippen molar-refractivity contribution in [2.45, 2.75) is 25.0 Å². The molecule has 2 amide bonds. The van der Waals surface area contributed by atoms with Crippen LogP contribution in [0.5, 0.6) is 0 Å². The molecule has 0 aliphatic heterocycles. The first-order chi connectivity index (χ1) is 14.5. The van der Waals surface area contributed by atoms with E-state index in [0.717, 1.165) is 0 Å². The van der Waals surface area contributed by atoms with Crippen LogP contribution in [0.15, 0.2) is 45.7 Å². The summed E-state index contributed by atoms with van der Waals surface area (Å²) < 4.78 is 6.95. The molecule has 0 atom stereocenters. The van der Waals surface area contributed by atoms with Gasteiger partial charge in [0.1, 0.15) is 5.00 Å². The third-order valence-electron chi connectivity index (χ3n) is 4.22. The number of carbonyl (C=O) groups is 2. The fraction of sp³-hybridized carbons (Fsp3) is 0.300. The normalized spacial score (nSPS) is 11.0. The quantitative estimate of drug-likeness (QED) is 0.281. The summed E-state index contributed by atoms with van der Waals surface area (Å²) in [5.74, 6) is -0.876. The average molecular weight is 447 g/mol. The molecule has 158 valence electrons. The minimum absolute atomic E-state index is 0.0341. The molecule has 0 bridgehead atoms. The molecule has 1 aromatic carbocycles. The average Bonchev–Trinajstić information content (AvgIpc) is 3.19. The molecule has 0 saturated carbocycles. The van der Waals surface area contributed by atoms with E-state index < -0.39 is 5.91 Å². The van der Waals surface area contributed by atoms with Gasteiger partial charge in [-0.2, -0.15) is 0 Å². The van der Waals surface area contributed by atoms with Gasteiger partial charge in [0.05, 0.1) is 22.2 Å². The Morgan fingerprint density at radius 3 is 2.87 bits per heavy atom. The summed E-state index contributed by atoms with van der Waals surface area (Å²) in [6.45, 7) is 3.51. The molecule has 30 heavy (non-hydrogen) atoms. The van der Waals surface area contributed by atoms with Crippen molar-refractivity contribution in [1.29, 1.82) is 0 Å². The van der Waals surface area contributed by atoms with Crippen molar-refractivity contribution in [3.63, 3.8) is 0 Å². The van der Waals surface area contributed by atoms with E-state index in [0.29, 0.717) is 47.2 Å². The third kappa shape index (κ3) is 5.26. The Hall–Kier alpha value is -2.69. The first-order valence-corrected chi connectivity index (χ1v) is 11.2. The van der Waals surface area contributed by atoms with Crippen LogP contribution in [0, 0.1) is 0 Å². The highest BCUT2D eigenvalue weighted by molar-refractivity contribution is 7.99. The molecule has 10 heteroatoms. The van der Waals surface area contributed by atoms with Crippen molar-refractivity contribution in [3.05, 3.63) is 51.6 Å². The fourth-order valence-electron chi connectivity index (χ4n) is 2.82. The van der Waals surface area contributed by atoms with Crippen molar-refractivity contribution in [1.82, 2.24) is 9.55 Å². The molecule has 0 spiro atoms. The van der Waals surface area contributed by atoms with Gasteiger partial charge in [0, 0.05) is 19.8 Å². The maximum atomic E-state index is 13.0. The number of nitrogens with one attached hydrogen (secondary N) is 1. The highest BCUT2D eigenvalue weighted by atomic mass is 32.2. The topological polar surface area (TPSA) is 116 Å². The second kappa shape index (κ2) is 10.4. The number of carbonyl (C=O) groups excluding carboxylic acids is 2. The number of amides is 2. The molecule has 3 rings (SSSR count). The third-order valence-corrected chi connectivity index (χ3v) is 6.02. The van der Waals surface area contributed by atoms with Gasteiger partial charge in [-0.05, 0) is 36.9 Å². The molecule has 2 heterocycles. The van der Waals surface area contributed by atoms with Gasteiger partial charge in [-0.1, -0.05) is 23.9 Å². The molecule has 8 nitrogen and oxygen atoms in total. The number of hydrogen-bond donors (Lipinski definition) is 2. The number of hydrogen-bond acceptors (Lipinski definition) is 7. The van der Waals surface area contributed by atoms with Crippen LogP contribution in [-0.4, -0.2) is 40.3 Å². The van der Waals surface area contributed by atoms with E-state index in [9.17, 15) is 14.4 Å². The van der Waals surface area contributed by atoms with Crippen LogP contribution in [-0.2, 0) is 16.1 Å². The molecule has 0 aliphatic rings. The van der Waals surface area contributed by atoms with E-state index in [4.69, 9.17) is 10.5 Å². The van der Waals surface area contributed by atoms with Gasteiger partial charge < -0.3 is 15.8 Å². The van der Waals surface area contributed by atoms with Crippen LogP contribution in [0.2, 0.25) is 0 Å². The monoisotopic (exact) mass is 446 g/mol. The summed E-state index contributed by atoms with van der Waals surface area (Å²) in [4.78, 5) is 41.4. The Kier molecular flexibility index (Phi) is 7.61. The number of aromatic nitrogens is 2. The molecule has 0 aliphatic carbocycles. The van der Waals surface area contributed by atoms with E-state index in [1.165, 1.54) is 23.1 Å². The lowest BCUT2D eigenvalue weighted by atomic mass is 10.2. The van der Waals surface area contributed by atoms with Crippen LogP contribution in [0.4, 0.5) is 5.00 Å². The van der Waals surface area contributed by atoms with E-state index in [2.05, 4.69) is 10.3 Å². The van der Waals surface area contributed by atoms with E-state index >= 15 is 0 Å². The molecular weight excluding hydrogens is 424 g/mol.